The first-order valence-corrected chi connectivity index (χ1v) is 5.19. The fourth-order valence-electron chi connectivity index (χ4n) is 1.64. The van der Waals surface area contributed by atoms with Crippen molar-refractivity contribution in [1.29, 1.82) is 0 Å². The van der Waals surface area contributed by atoms with E-state index in [2.05, 4.69) is 0 Å². The largest absolute Gasteiger partial charge is 0.497 e. The second-order valence-corrected chi connectivity index (χ2v) is 3.53. The summed E-state index contributed by atoms with van der Waals surface area (Å²) in [6.45, 7) is 0. The van der Waals surface area contributed by atoms with Crippen molar-refractivity contribution in [3.05, 3.63) is 47.9 Å². The summed E-state index contributed by atoms with van der Waals surface area (Å²) >= 11 is 0. The molecule has 2 rings (SSSR count). The summed E-state index contributed by atoms with van der Waals surface area (Å²) in [5.41, 5.74) is 0.642. The number of ether oxygens (including phenoxy) is 2. The lowest BCUT2D eigenvalue weighted by molar-refractivity contribution is 0.185. The van der Waals surface area contributed by atoms with Crippen molar-refractivity contribution in [3.63, 3.8) is 0 Å². The van der Waals surface area contributed by atoms with Crippen LogP contribution in [-0.4, -0.2) is 19.3 Å². The molecule has 2 aromatic rings. The Labute approximate surface area is 99.4 Å². The van der Waals surface area contributed by atoms with Crippen LogP contribution in [0.1, 0.15) is 17.4 Å². The molecular formula is C13H14O4. The molecule has 0 saturated heterocycles. The van der Waals surface area contributed by atoms with E-state index in [0.717, 1.165) is 0 Å². The standard InChI is InChI=1S/C13H14O4/c1-15-9-5-6-10(12(8-9)16-2)13(14)11-4-3-7-17-11/h3-8,13-14H,1-2H3/t13-/m1/s1. The van der Waals surface area contributed by atoms with Crippen LogP contribution in [-0.2, 0) is 0 Å². The Morgan fingerprint density at radius 3 is 2.59 bits per heavy atom. The van der Waals surface area contributed by atoms with Crippen LogP contribution < -0.4 is 9.47 Å². The number of hydrogen-bond acceptors (Lipinski definition) is 4. The minimum Gasteiger partial charge on any atom is -0.497 e. The van der Waals surface area contributed by atoms with Gasteiger partial charge in [-0.15, -0.1) is 0 Å². The fraction of sp³-hybridized carbons (Fsp3) is 0.231. The van der Waals surface area contributed by atoms with Crippen LogP contribution >= 0.6 is 0 Å². The normalized spacial score (nSPS) is 12.2. The highest BCUT2D eigenvalue weighted by Crippen LogP contribution is 2.32. The summed E-state index contributed by atoms with van der Waals surface area (Å²) < 4.78 is 15.5. The predicted octanol–water partition coefficient (Wildman–Crippen LogP) is 2.38. The van der Waals surface area contributed by atoms with E-state index < -0.39 is 6.10 Å². The van der Waals surface area contributed by atoms with E-state index in [1.54, 1.807) is 44.6 Å². The molecule has 0 fully saturated rings. The summed E-state index contributed by atoms with van der Waals surface area (Å²) in [4.78, 5) is 0. The monoisotopic (exact) mass is 234 g/mol. The van der Waals surface area contributed by atoms with Gasteiger partial charge in [0.1, 0.15) is 23.4 Å². The molecule has 0 unspecified atom stereocenters. The lowest BCUT2D eigenvalue weighted by Gasteiger charge is -2.13. The summed E-state index contributed by atoms with van der Waals surface area (Å²) in [6, 6.07) is 8.69. The first-order valence-electron chi connectivity index (χ1n) is 5.19. The molecule has 0 spiro atoms. The van der Waals surface area contributed by atoms with Gasteiger partial charge in [-0.3, -0.25) is 0 Å². The molecule has 0 aliphatic heterocycles. The van der Waals surface area contributed by atoms with Crippen LogP contribution in [0.5, 0.6) is 11.5 Å². The Hall–Kier alpha value is -1.94. The van der Waals surface area contributed by atoms with Gasteiger partial charge in [0, 0.05) is 11.6 Å². The molecule has 0 radical (unpaired) electrons. The summed E-state index contributed by atoms with van der Waals surface area (Å²) in [5, 5.41) is 10.1. The first kappa shape index (κ1) is 11.5. The number of hydrogen-bond donors (Lipinski definition) is 1. The number of aliphatic hydroxyl groups excluding tert-OH is 1. The average molecular weight is 234 g/mol. The highest BCUT2D eigenvalue weighted by molar-refractivity contribution is 5.43. The quantitative estimate of drug-likeness (QED) is 0.882. The highest BCUT2D eigenvalue weighted by atomic mass is 16.5. The molecule has 1 heterocycles. The zero-order valence-corrected chi connectivity index (χ0v) is 9.71. The van der Waals surface area contributed by atoms with Crippen LogP contribution in [0.4, 0.5) is 0 Å². The van der Waals surface area contributed by atoms with E-state index >= 15 is 0 Å². The Bertz CT molecular complexity index is 476. The topological polar surface area (TPSA) is 51.8 Å². The first-order chi connectivity index (χ1) is 8.26. The van der Waals surface area contributed by atoms with Crippen molar-refractivity contribution in [3.8, 4) is 11.5 Å². The second kappa shape index (κ2) is 4.93. The Morgan fingerprint density at radius 1 is 1.18 bits per heavy atom. The highest BCUT2D eigenvalue weighted by Gasteiger charge is 2.18. The minimum atomic E-state index is -0.842. The smallest absolute Gasteiger partial charge is 0.140 e. The number of furan rings is 1. The van der Waals surface area contributed by atoms with E-state index in [1.807, 2.05) is 0 Å². The maximum Gasteiger partial charge on any atom is 0.140 e. The molecule has 4 nitrogen and oxygen atoms in total. The molecule has 0 bridgehead atoms. The Morgan fingerprint density at radius 2 is 2.00 bits per heavy atom. The van der Waals surface area contributed by atoms with Gasteiger partial charge in [0.05, 0.1) is 20.5 Å². The molecular weight excluding hydrogens is 220 g/mol. The van der Waals surface area contributed by atoms with E-state index in [-0.39, 0.29) is 0 Å². The van der Waals surface area contributed by atoms with Gasteiger partial charge in [-0.2, -0.15) is 0 Å². The molecule has 1 aromatic carbocycles. The van der Waals surface area contributed by atoms with Crippen molar-refractivity contribution in [2.75, 3.05) is 14.2 Å². The summed E-state index contributed by atoms with van der Waals surface area (Å²) in [6.07, 6.45) is 0.681. The van der Waals surface area contributed by atoms with Gasteiger partial charge >= 0.3 is 0 Å². The van der Waals surface area contributed by atoms with E-state index in [1.165, 1.54) is 6.26 Å². The zero-order chi connectivity index (χ0) is 12.3. The average Bonchev–Trinajstić information content (AvgIpc) is 2.91. The van der Waals surface area contributed by atoms with Crippen molar-refractivity contribution < 1.29 is 19.0 Å². The Balaban J connectivity index is 2.38. The van der Waals surface area contributed by atoms with Gasteiger partial charge in [0.2, 0.25) is 0 Å². The zero-order valence-electron chi connectivity index (χ0n) is 9.71. The summed E-state index contributed by atoms with van der Waals surface area (Å²) in [5.74, 6) is 1.72. The lowest BCUT2D eigenvalue weighted by Crippen LogP contribution is -2.01. The van der Waals surface area contributed by atoms with Crippen molar-refractivity contribution in [1.82, 2.24) is 0 Å². The van der Waals surface area contributed by atoms with Crippen LogP contribution in [0, 0.1) is 0 Å². The van der Waals surface area contributed by atoms with Gasteiger partial charge < -0.3 is 19.0 Å². The van der Waals surface area contributed by atoms with Gasteiger partial charge in [-0.25, -0.2) is 0 Å². The summed E-state index contributed by atoms with van der Waals surface area (Å²) in [7, 11) is 3.13. The number of benzene rings is 1. The third kappa shape index (κ3) is 2.26. The molecule has 0 aliphatic carbocycles. The van der Waals surface area contributed by atoms with Gasteiger partial charge in [0.15, 0.2) is 0 Å². The van der Waals surface area contributed by atoms with Gasteiger partial charge in [-0.05, 0) is 24.3 Å². The lowest BCUT2D eigenvalue weighted by atomic mass is 10.1. The second-order valence-electron chi connectivity index (χ2n) is 3.53. The number of rotatable bonds is 4. The van der Waals surface area contributed by atoms with E-state index in [0.29, 0.717) is 22.8 Å². The third-order valence-electron chi connectivity index (χ3n) is 2.55. The minimum absolute atomic E-state index is 0.480. The fourth-order valence-corrected chi connectivity index (χ4v) is 1.64. The van der Waals surface area contributed by atoms with Crippen LogP contribution in [0.3, 0.4) is 0 Å². The van der Waals surface area contributed by atoms with E-state index in [9.17, 15) is 5.11 Å². The third-order valence-corrected chi connectivity index (χ3v) is 2.55. The number of aliphatic hydroxyl groups is 1. The molecule has 1 N–H and O–H groups in total. The van der Waals surface area contributed by atoms with Crippen molar-refractivity contribution in [2.24, 2.45) is 0 Å². The molecule has 90 valence electrons. The van der Waals surface area contributed by atoms with Crippen LogP contribution in [0.2, 0.25) is 0 Å². The predicted molar refractivity (Wildman–Crippen MR) is 62.3 cm³/mol. The van der Waals surface area contributed by atoms with Crippen molar-refractivity contribution >= 4 is 0 Å². The Kier molecular flexibility index (Phi) is 3.35. The molecule has 17 heavy (non-hydrogen) atoms. The molecule has 0 amide bonds. The molecule has 0 saturated carbocycles. The molecule has 0 aliphatic rings. The van der Waals surface area contributed by atoms with Gasteiger partial charge in [0.25, 0.3) is 0 Å². The molecule has 4 heteroatoms. The molecule has 1 aromatic heterocycles. The SMILES string of the molecule is COc1ccc([C@@H](O)c2ccco2)c(OC)c1. The van der Waals surface area contributed by atoms with Gasteiger partial charge in [-0.1, -0.05) is 0 Å². The number of methoxy groups -OCH3 is 2. The van der Waals surface area contributed by atoms with Crippen LogP contribution in [0.25, 0.3) is 0 Å². The van der Waals surface area contributed by atoms with Crippen LogP contribution in [0.15, 0.2) is 41.0 Å². The maximum atomic E-state index is 10.1. The maximum absolute atomic E-state index is 10.1. The molecule has 1 atom stereocenters. The van der Waals surface area contributed by atoms with Crippen molar-refractivity contribution in [2.45, 2.75) is 6.10 Å². The van der Waals surface area contributed by atoms with E-state index in [4.69, 9.17) is 13.9 Å².